The molecule has 0 aliphatic carbocycles. The van der Waals surface area contributed by atoms with Crippen LogP contribution in [0, 0.1) is 0 Å². The normalized spacial score (nSPS) is 11.9. The lowest BCUT2D eigenvalue weighted by molar-refractivity contribution is 0.343. The van der Waals surface area contributed by atoms with Gasteiger partial charge in [0, 0.05) is 0 Å². The van der Waals surface area contributed by atoms with Gasteiger partial charge in [0.05, 0.1) is 5.88 Å². The van der Waals surface area contributed by atoms with Crippen LogP contribution in [0.15, 0.2) is 65.4 Å². The molecule has 0 saturated carbocycles. The number of thiophene rings is 1. The maximum Gasteiger partial charge on any atom is 0.119 e. The van der Waals surface area contributed by atoms with Gasteiger partial charge >= 0.3 is 0 Å². The van der Waals surface area contributed by atoms with Crippen molar-refractivity contribution in [3.63, 3.8) is 0 Å². The lowest BCUT2D eigenvalue weighted by Crippen LogP contribution is -1.98. The molecule has 3 rings (SSSR count). The zero-order valence-corrected chi connectivity index (χ0v) is 16.2. The number of hydrogen-bond donors (Lipinski definition) is 1. The van der Waals surface area contributed by atoms with Gasteiger partial charge in [0.1, 0.15) is 18.1 Å². The summed E-state index contributed by atoms with van der Waals surface area (Å²) in [5.74, 6) is 1.55. The minimum atomic E-state index is 0.270. The summed E-state index contributed by atoms with van der Waals surface area (Å²) in [6.07, 6.45) is 0.914. The Kier molecular flexibility index (Phi) is 6.37. The maximum absolute atomic E-state index is 9.67. The fraction of sp³-hybridized carbons (Fsp3) is 0.182. The molecule has 0 amide bonds. The Bertz CT molecular complexity index is 850. The monoisotopic (exact) mass is 384 g/mol. The number of alkyl halides is 1. The van der Waals surface area contributed by atoms with Crippen molar-refractivity contribution < 1.29 is 9.84 Å². The predicted molar refractivity (Wildman–Crippen MR) is 111 cm³/mol. The van der Waals surface area contributed by atoms with Gasteiger partial charge in [-0.1, -0.05) is 31.2 Å². The molecule has 0 unspecified atom stereocenters. The minimum Gasteiger partial charge on any atom is -0.508 e. The minimum absolute atomic E-state index is 0.270. The fourth-order valence-corrected chi connectivity index (χ4v) is 3.73. The van der Waals surface area contributed by atoms with Gasteiger partial charge in [0.15, 0.2) is 0 Å². The highest BCUT2D eigenvalue weighted by Crippen LogP contribution is 2.36. The first-order valence-electron chi connectivity index (χ1n) is 8.57. The smallest absolute Gasteiger partial charge is 0.119 e. The van der Waals surface area contributed by atoms with Gasteiger partial charge in [-0.2, -0.15) is 11.3 Å². The van der Waals surface area contributed by atoms with Crippen molar-refractivity contribution in [1.82, 2.24) is 0 Å². The Balaban J connectivity index is 2.10. The van der Waals surface area contributed by atoms with Crippen molar-refractivity contribution in [2.45, 2.75) is 13.3 Å². The van der Waals surface area contributed by atoms with Crippen LogP contribution in [0.1, 0.15) is 30.0 Å². The maximum atomic E-state index is 9.67. The second kappa shape index (κ2) is 8.93. The quantitative estimate of drug-likeness (QED) is 0.475. The van der Waals surface area contributed by atoms with E-state index in [1.807, 2.05) is 24.3 Å². The highest BCUT2D eigenvalue weighted by atomic mass is 35.5. The molecular weight excluding hydrogens is 364 g/mol. The summed E-state index contributed by atoms with van der Waals surface area (Å²) in [7, 11) is 0. The van der Waals surface area contributed by atoms with Gasteiger partial charge in [-0.15, -0.1) is 11.6 Å². The van der Waals surface area contributed by atoms with E-state index in [9.17, 15) is 5.11 Å². The Hall–Kier alpha value is -2.23. The van der Waals surface area contributed by atoms with Crippen LogP contribution in [0.2, 0.25) is 0 Å². The molecule has 0 saturated heterocycles. The van der Waals surface area contributed by atoms with Gasteiger partial charge in [-0.25, -0.2) is 0 Å². The molecule has 3 aromatic rings. The van der Waals surface area contributed by atoms with E-state index in [0.29, 0.717) is 12.5 Å². The summed E-state index contributed by atoms with van der Waals surface area (Å²) < 4.78 is 5.59. The van der Waals surface area contributed by atoms with Crippen LogP contribution in [-0.4, -0.2) is 17.6 Å². The molecule has 4 heteroatoms. The van der Waals surface area contributed by atoms with Crippen molar-refractivity contribution in [1.29, 1.82) is 0 Å². The average molecular weight is 385 g/mol. The highest BCUT2D eigenvalue weighted by molar-refractivity contribution is 7.08. The van der Waals surface area contributed by atoms with Crippen molar-refractivity contribution in [2.75, 3.05) is 12.5 Å². The predicted octanol–water partition coefficient (Wildman–Crippen LogP) is 6.44. The third-order valence-electron chi connectivity index (χ3n) is 4.17. The van der Waals surface area contributed by atoms with Crippen LogP contribution in [0.25, 0.3) is 11.1 Å². The fourth-order valence-electron chi connectivity index (χ4n) is 2.98. The van der Waals surface area contributed by atoms with Crippen LogP contribution >= 0.6 is 22.9 Å². The number of phenols is 1. The van der Waals surface area contributed by atoms with Crippen molar-refractivity contribution in [3.05, 3.63) is 82.0 Å². The second-order valence-corrected chi connectivity index (χ2v) is 6.99. The lowest BCUT2D eigenvalue weighted by Gasteiger charge is -2.16. The topological polar surface area (TPSA) is 29.5 Å². The number of ether oxygens (including phenoxy) is 1. The van der Waals surface area contributed by atoms with E-state index in [-0.39, 0.29) is 5.75 Å². The molecule has 2 nitrogen and oxygen atoms in total. The Morgan fingerprint density at radius 2 is 1.62 bits per heavy atom. The first-order valence-corrected chi connectivity index (χ1v) is 10.0. The van der Waals surface area contributed by atoms with E-state index in [2.05, 4.69) is 35.9 Å². The number of aromatic hydroxyl groups is 1. The average Bonchev–Trinajstić information content (AvgIpc) is 3.20. The van der Waals surface area contributed by atoms with Crippen LogP contribution < -0.4 is 4.74 Å². The lowest BCUT2D eigenvalue weighted by atomic mass is 9.89. The van der Waals surface area contributed by atoms with Crippen molar-refractivity contribution >= 4 is 34.1 Å². The number of hydrogen-bond acceptors (Lipinski definition) is 3. The summed E-state index contributed by atoms with van der Waals surface area (Å²) in [6, 6.07) is 17.6. The highest BCUT2D eigenvalue weighted by Gasteiger charge is 2.13. The number of halogens is 1. The number of allylic oxidation sites excluding steroid dienone is 1. The number of phenolic OH excluding ortho intramolecular Hbond substituents is 1. The zero-order valence-electron chi connectivity index (χ0n) is 14.6. The molecule has 0 bridgehead atoms. The van der Waals surface area contributed by atoms with Crippen molar-refractivity contribution in [2.24, 2.45) is 0 Å². The molecule has 134 valence electrons. The molecule has 2 aromatic carbocycles. The van der Waals surface area contributed by atoms with Crippen LogP contribution in [0.5, 0.6) is 11.5 Å². The summed E-state index contributed by atoms with van der Waals surface area (Å²) in [5, 5.41) is 13.9. The van der Waals surface area contributed by atoms with E-state index < -0.39 is 0 Å². The molecule has 0 aliphatic rings. The van der Waals surface area contributed by atoms with Gasteiger partial charge in [-0.3, -0.25) is 0 Å². The zero-order chi connectivity index (χ0) is 18.4. The van der Waals surface area contributed by atoms with E-state index in [1.54, 1.807) is 23.5 Å². The Morgan fingerprint density at radius 1 is 0.962 bits per heavy atom. The summed E-state index contributed by atoms with van der Waals surface area (Å²) in [4.78, 5) is 0. The first kappa shape index (κ1) is 18.6. The molecule has 0 radical (unpaired) electrons. The second-order valence-electron chi connectivity index (χ2n) is 5.83. The standard InChI is InChI=1S/C22H21ClO2S/c1-2-21(18-11-14-26-15-18)22(16-3-7-19(24)8-4-16)17-5-9-20(10-6-17)25-13-12-23/h3-11,14-15,24H,2,12-13H2,1H3/b22-21-. The van der Waals surface area contributed by atoms with Crippen LogP contribution in [0.4, 0.5) is 0 Å². The third kappa shape index (κ3) is 4.29. The van der Waals surface area contributed by atoms with Gasteiger partial charge < -0.3 is 9.84 Å². The molecule has 26 heavy (non-hydrogen) atoms. The molecule has 0 spiro atoms. The van der Waals surface area contributed by atoms with Crippen LogP contribution in [0.3, 0.4) is 0 Å². The van der Waals surface area contributed by atoms with Crippen LogP contribution in [-0.2, 0) is 0 Å². The number of rotatable bonds is 7. The molecule has 0 aliphatic heterocycles. The van der Waals surface area contributed by atoms with Gasteiger partial charge in [0.25, 0.3) is 0 Å². The first-order chi connectivity index (χ1) is 12.7. The molecule has 1 N–H and O–H groups in total. The van der Waals surface area contributed by atoms with Gasteiger partial charge in [-0.05, 0) is 75.3 Å². The SMILES string of the molecule is CC/C(=C(\c1ccc(O)cc1)c1ccc(OCCCl)cc1)c1ccsc1. The molecular formula is C22H21ClO2S. The van der Waals surface area contributed by atoms with E-state index in [0.717, 1.165) is 23.3 Å². The van der Waals surface area contributed by atoms with E-state index in [4.69, 9.17) is 16.3 Å². The Morgan fingerprint density at radius 3 is 2.15 bits per heavy atom. The van der Waals surface area contributed by atoms with E-state index in [1.165, 1.54) is 16.7 Å². The van der Waals surface area contributed by atoms with Crippen molar-refractivity contribution in [3.8, 4) is 11.5 Å². The molecule has 0 atom stereocenters. The summed E-state index contributed by atoms with van der Waals surface area (Å²) in [6.45, 7) is 2.67. The molecule has 0 fully saturated rings. The third-order valence-corrected chi connectivity index (χ3v) is 5.01. The summed E-state index contributed by atoms with van der Waals surface area (Å²) in [5.41, 5.74) is 5.90. The molecule has 1 aromatic heterocycles. The summed E-state index contributed by atoms with van der Waals surface area (Å²) >= 11 is 7.39. The number of benzene rings is 2. The van der Waals surface area contributed by atoms with E-state index >= 15 is 0 Å². The largest absolute Gasteiger partial charge is 0.508 e. The Labute approximate surface area is 163 Å². The molecule has 1 heterocycles. The van der Waals surface area contributed by atoms with Gasteiger partial charge in [0.2, 0.25) is 0 Å².